The molecule has 1 aliphatic carbocycles. The summed E-state index contributed by atoms with van der Waals surface area (Å²) in [6, 6.07) is 31.3. The van der Waals surface area contributed by atoms with E-state index in [1.165, 1.54) is 22.3 Å². The molecule has 5 amide bonds. The van der Waals surface area contributed by atoms with E-state index in [1.807, 2.05) is 58.3 Å². The van der Waals surface area contributed by atoms with Gasteiger partial charge in [0.25, 0.3) is 5.91 Å². The van der Waals surface area contributed by atoms with Gasteiger partial charge in [-0.3, -0.25) is 9.69 Å². The third-order valence-electron chi connectivity index (χ3n) is 13.4. The van der Waals surface area contributed by atoms with Gasteiger partial charge in [0.15, 0.2) is 6.10 Å². The number of fused-ring (bicyclic) bond motifs is 4. The van der Waals surface area contributed by atoms with E-state index in [2.05, 4.69) is 34.5 Å². The lowest BCUT2D eigenvalue weighted by atomic mass is 9.98. The van der Waals surface area contributed by atoms with Crippen LogP contribution in [-0.4, -0.2) is 137 Å². The quantitative estimate of drug-likeness (QED) is 0.204. The zero-order chi connectivity index (χ0) is 41.9. The van der Waals surface area contributed by atoms with Gasteiger partial charge in [0.1, 0.15) is 12.4 Å². The number of para-hydroxylation sites is 1. The number of phenols is 1. The number of rotatable bonds is 8. The second-order valence-electron chi connectivity index (χ2n) is 16.9. The fraction of sp³-hybridized carbons (Fsp3) is 0.417. The first-order chi connectivity index (χ1) is 29.8. The number of piperidine rings is 2. The summed E-state index contributed by atoms with van der Waals surface area (Å²) in [5.74, 6) is -0.0856. The van der Waals surface area contributed by atoms with Crippen LogP contribution in [0.4, 0.5) is 20.1 Å². The van der Waals surface area contributed by atoms with E-state index in [0.717, 1.165) is 49.2 Å². The number of amides is 5. The number of likely N-dealkylation sites (tertiary alicyclic amines) is 2. The monoisotopic (exact) mass is 826 g/mol. The largest absolute Gasteiger partial charge is 0.508 e. The van der Waals surface area contributed by atoms with Gasteiger partial charge in [0, 0.05) is 89.0 Å². The maximum absolute atomic E-state index is 14.2. The highest BCUT2D eigenvalue weighted by Crippen LogP contribution is 2.44. The van der Waals surface area contributed by atoms with E-state index in [-0.39, 0.29) is 48.2 Å². The Bertz CT molecular complexity index is 2180. The minimum atomic E-state index is -1.03. The summed E-state index contributed by atoms with van der Waals surface area (Å²) in [4.78, 5) is 63.8. The number of urea groups is 1. The van der Waals surface area contributed by atoms with Crippen LogP contribution in [0.25, 0.3) is 11.1 Å². The minimum absolute atomic E-state index is 0.00928. The van der Waals surface area contributed by atoms with Gasteiger partial charge in [-0.15, -0.1) is 0 Å². The first-order valence-corrected chi connectivity index (χ1v) is 21.8. The van der Waals surface area contributed by atoms with Crippen molar-refractivity contribution in [1.82, 2.24) is 24.5 Å². The molecule has 61 heavy (non-hydrogen) atoms. The van der Waals surface area contributed by atoms with Crippen LogP contribution in [0, 0.1) is 0 Å². The van der Waals surface area contributed by atoms with Gasteiger partial charge < -0.3 is 39.5 Å². The molecule has 0 radical (unpaired) electrons. The molecule has 0 aromatic heterocycles. The van der Waals surface area contributed by atoms with E-state index >= 15 is 0 Å². The Hall–Kier alpha value is -6.08. The summed E-state index contributed by atoms with van der Waals surface area (Å²) < 4.78 is 12.0. The Morgan fingerprint density at radius 3 is 1.93 bits per heavy atom. The van der Waals surface area contributed by atoms with Crippen LogP contribution in [0.3, 0.4) is 0 Å². The summed E-state index contributed by atoms with van der Waals surface area (Å²) >= 11 is 0. The third-order valence-corrected chi connectivity index (χ3v) is 13.4. The number of carbonyl (C=O) groups is 4. The average Bonchev–Trinajstić information content (AvgIpc) is 3.51. The summed E-state index contributed by atoms with van der Waals surface area (Å²) in [5.41, 5.74) is 7.53. The Balaban J connectivity index is 0.755. The Morgan fingerprint density at radius 1 is 0.656 bits per heavy atom. The number of ether oxygens (including phenoxy) is 2. The van der Waals surface area contributed by atoms with Crippen molar-refractivity contribution in [3.05, 3.63) is 119 Å². The second-order valence-corrected chi connectivity index (χ2v) is 16.9. The lowest BCUT2D eigenvalue weighted by Gasteiger charge is -2.43. The molecule has 0 bridgehead atoms. The fourth-order valence-electron chi connectivity index (χ4n) is 9.93. The van der Waals surface area contributed by atoms with Crippen LogP contribution in [0.5, 0.6) is 5.75 Å². The molecule has 9 rings (SSSR count). The lowest BCUT2D eigenvalue weighted by molar-refractivity contribution is -0.142. The van der Waals surface area contributed by atoms with E-state index in [1.54, 1.807) is 34.1 Å². The van der Waals surface area contributed by atoms with Crippen molar-refractivity contribution in [2.75, 3.05) is 70.8 Å². The number of benzene rings is 4. The average molecular weight is 827 g/mol. The number of aromatic hydroxyl groups is 1. The van der Waals surface area contributed by atoms with Crippen molar-refractivity contribution >= 4 is 29.8 Å². The molecule has 318 valence electrons. The highest BCUT2D eigenvalue weighted by atomic mass is 16.6. The molecule has 1 atom stereocenters. The minimum Gasteiger partial charge on any atom is -0.508 e. The Morgan fingerprint density at radius 2 is 1.25 bits per heavy atom. The molecule has 0 unspecified atom stereocenters. The Kier molecular flexibility index (Phi) is 11.8. The highest BCUT2D eigenvalue weighted by molar-refractivity contribution is 5.91. The smallest absolute Gasteiger partial charge is 0.410 e. The summed E-state index contributed by atoms with van der Waals surface area (Å²) in [7, 11) is 0. The topological polar surface area (TPSA) is 135 Å². The molecular weight excluding hydrogens is 773 g/mol. The van der Waals surface area contributed by atoms with Crippen LogP contribution >= 0.6 is 0 Å². The van der Waals surface area contributed by atoms with E-state index in [0.29, 0.717) is 65.3 Å². The van der Waals surface area contributed by atoms with Gasteiger partial charge in [0.05, 0.1) is 0 Å². The molecule has 13 nitrogen and oxygen atoms in total. The zero-order valence-corrected chi connectivity index (χ0v) is 34.5. The van der Waals surface area contributed by atoms with Crippen molar-refractivity contribution in [2.24, 2.45) is 0 Å². The predicted octanol–water partition coefficient (Wildman–Crippen LogP) is 6.55. The number of nitrogens with one attached hydrogen (secondary N) is 1. The molecule has 3 fully saturated rings. The van der Waals surface area contributed by atoms with Gasteiger partial charge in [0.2, 0.25) is 0 Å². The SMILES string of the molecule is O=C(OCC1c2ccccc2-c2ccccc21)N1CCN(C2CCN(C(=O)[C@@H](Cc3ccc(O)cc3)OC(=O)N3CCC(N4CCc5ccccc5NC4=O)CC3)CC2)CC1. The van der Waals surface area contributed by atoms with E-state index < -0.39 is 12.2 Å². The van der Waals surface area contributed by atoms with Gasteiger partial charge in [-0.25, -0.2) is 14.4 Å². The third kappa shape index (κ3) is 8.75. The van der Waals surface area contributed by atoms with Crippen LogP contribution < -0.4 is 5.32 Å². The summed E-state index contributed by atoms with van der Waals surface area (Å²) in [6.07, 6.45) is 1.89. The molecule has 13 heteroatoms. The number of anilines is 1. The molecule has 3 saturated heterocycles. The van der Waals surface area contributed by atoms with Crippen molar-refractivity contribution in [1.29, 1.82) is 0 Å². The summed E-state index contributed by atoms with van der Waals surface area (Å²) in [5, 5.41) is 12.9. The number of hydrogen-bond acceptors (Lipinski definition) is 8. The van der Waals surface area contributed by atoms with Crippen LogP contribution in [0.1, 0.15) is 53.9 Å². The van der Waals surface area contributed by atoms with Crippen LogP contribution in [0.2, 0.25) is 0 Å². The van der Waals surface area contributed by atoms with E-state index in [4.69, 9.17) is 9.47 Å². The van der Waals surface area contributed by atoms with Gasteiger partial charge in [-0.2, -0.15) is 0 Å². The molecule has 4 heterocycles. The number of carbonyl (C=O) groups excluding carboxylic acids is 4. The predicted molar refractivity (Wildman–Crippen MR) is 230 cm³/mol. The second kappa shape index (κ2) is 17.9. The van der Waals surface area contributed by atoms with Crippen LogP contribution in [-0.2, 0) is 27.1 Å². The zero-order valence-electron chi connectivity index (χ0n) is 34.5. The van der Waals surface area contributed by atoms with Crippen molar-refractivity contribution in [3.8, 4) is 16.9 Å². The molecular formula is C48H54N6O7. The molecule has 2 N–H and O–H groups in total. The maximum atomic E-state index is 14.2. The first-order valence-electron chi connectivity index (χ1n) is 21.8. The highest BCUT2D eigenvalue weighted by Gasteiger charge is 2.37. The molecule has 0 saturated carbocycles. The van der Waals surface area contributed by atoms with Gasteiger partial charge in [-0.05, 0) is 83.7 Å². The maximum Gasteiger partial charge on any atom is 0.410 e. The van der Waals surface area contributed by atoms with Crippen molar-refractivity contribution < 1.29 is 33.8 Å². The number of piperazine rings is 1. The van der Waals surface area contributed by atoms with Crippen LogP contribution in [0.15, 0.2) is 97.1 Å². The number of nitrogens with zero attached hydrogens (tertiary/aromatic N) is 5. The molecule has 0 spiro atoms. The van der Waals surface area contributed by atoms with Gasteiger partial charge in [-0.1, -0.05) is 78.9 Å². The number of hydrogen-bond donors (Lipinski definition) is 2. The first kappa shape index (κ1) is 40.3. The molecule has 5 aliphatic rings. The standard InChI is InChI=1S/C48H54N6O7/c55-37-15-13-33(14-16-37)31-44(61-48(59)52-24-20-36(21-25-52)54-26-17-34-7-1-6-12-43(34)49-46(54)57)45(56)51-22-18-35(19-23-51)50-27-29-53(30-28-50)47(58)60-32-42-40-10-4-2-8-38(40)39-9-3-5-11-41(39)42/h1-16,35-36,42,44,55H,17-32H2,(H,49,57)/t44-/m1/s1. The molecule has 4 aromatic carbocycles. The normalized spacial score (nSPS) is 19.3. The molecule has 4 aromatic rings. The summed E-state index contributed by atoms with van der Waals surface area (Å²) in [6.45, 7) is 5.44. The van der Waals surface area contributed by atoms with E-state index in [9.17, 15) is 24.3 Å². The van der Waals surface area contributed by atoms with Crippen molar-refractivity contribution in [3.63, 3.8) is 0 Å². The van der Waals surface area contributed by atoms with Gasteiger partial charge >= 0.3 is 18.2 Å². The fourth-order valence-corrected chi connectivity index (χ4v) is 9.93. The Labute approximate surface area is 356 Å². The molecule has 4 aliphatic heterocycles. The number of phenolic OH excluding ortho intramolecular Hbond substituents is 1. The lowest BCUT2D eigenvalue weighted by Crippen LogP contribution is -2.56. The van der Waals surface area contributed by atoms with Crippen molar-refractivity contribution in [2.45, 2.75) is 62.6 Å².